The number of anilines is 1. The van der Waals surface area contributed by atoms with Crippen LogP contribution in [0, 0.1) is 0 Å². The van der Waals surface area contributed by atoms with E-state index in [1.54, 1.807) is 18.2 Å². The van der Waals surface area contributed by atoms with E-state index in [2.05, 4.69) is 26.1 Å². The Morgan fingerprint density at radius 2 is 1.80 bits per heavy atom. The first-order chi connectivity index (χ1) is 9.23. The second kappa shape index (κ2) is 3.96. The summed E-state index contributed by atoms with van der Waals surface area (Å²) in [6.07, 6.45) is 0. The van der Waals surface area contributed by atoms with Crippen molar-refractivity contribution in [3.8, 4) is 0 Å². The van der Waals surface area contributed by atoms with Crippen molar-refractivity contribution < 1.29 is 13.0 Å². The molecular formula is C15H17NO3S. The van der Waals surface area contributed by atoms with Gasteiger partial charge in [-0.2, -0.15) is 8.42 Å². The first kappa shape index (κ1) is 13.4. The van der Waals surface area contributed by atoms with Crippen LogP contribution in [-0.2, 0) is 15.5 Å². The molecule has 5 heteroatoms. The molecule has 0 bridgehead atoms. The zero-order chi connectivity index (χ0) is 14.7. The Labute approximate surface area is 118 Å². The third kappa shape index (κ3) is 1.73. The predicted octanol–water partition coefficient (Wildman–Crippen LogP) is 3.18. The standard InChI is InChI=1S/C15H17NO3S/c1-9-15(2,3)12-8-13(20(17,18)19)10-6-4-5-7-11(10)14(12)16-9/h4-9,16H,1-3H3,(H,17,18,19). The van der Waals surface area contributed by atoms with E-state index in [0.29, 0.717) is 5.39 Å². The highest BCUT2D eigenvalue weighted by atomic mass is 32.2. The summed E-state index contributed by atoms with van der Waals surface area (Å²) in [6, 6.07) is 9.03. The number of nitrogens with one attached hydrogen (secondary N) is 1. The third-order valence-electron chi connectivity index (χ3n) is 4.42. The SMILES string of the molecule is CC1Nc2c(cc(S(=O)(=O)O)c3ccccc23)C1(C)C. The lowest BCUT2D eigenvalue weighted by molar-refractivity contribution is 0.478. The van der Waals surface area contributed by atoms with Crippen molar-refractivity contribution in [3.63, 3.8) is 0 Å². The Hall–Kier alpha value is -1.59. The van der Waals surface area contributed by atoms with Crippen molar-refractivity contribution in [2.75, 3.05) is 5.32 Å². The molecule has 0 aromatic heterocycles. The first-order valence-electron chi connectivity index (χ1n) is 6.53. The topological polar surface area (TPSA) is 66.4 Å². The molecule has 1 aliphatic heterocycles. The van der Waals surface area contributed by atoms with Gasteiger partial charge < -0.3 is 5.32 Å². The summed E-state index contributed by atoms with van der Waals surface area (Å²) in [4.78, 5) is -0.0178. The number of benzene rings is 2. The summed E-state index contributed by atoms with van der Waals surface area (Å²) in [5, 5.41) is 4.81. The van der Waals surface area contributed by atoms with E-state index in [-0.39, 0.29) is 16.4 Å². The lowest BCUT2D eigenvalue weighted by atomic mass is 9.81. The maximum Gasteiger partial charge on any atom is 0.295 e. The molecule has 1 aliphatic rings. The van der Waals surface area contributed by atoms with Crippen LogP contribution in [0.15, 0.2) is 35.2 Å². The molecule has 2 aromatic carbocycles. The minimum Gasteiger partial charge on any atom is -0.381 e. The lowest BCUT2D eigenvalue weighted by Crippen LogP contribution is -2.29. The van der Waals surface area contributed by atoms with Gasteiger partial charge in [-0.3, -0.25) is 4.55 Å². The molecule has 1 unspecified atom stereocenters. The van der Waals surface area contributed by atoms with Gasteiger partial charge in [-0.05, 0) is 18.6 Å². The molecule has 106 valence electrons. The van der Waals surface area contributed by atoms with Crippen LogP contribution in [-0.4, -0.2) is 19.0 Å². The monoisotopic (exact) mass is 291 g/mol. The van der Waals surface area contributed by atoms with Gasteiger partial charge in [0.05, 0.1) is 0 Å². The average molecular weight is 291 g/mol. The van der Waals surface area contributed by atoms with Crippen LogP contribution in [0.4, 0.5) is 5.69 Å². The minimum absolute atomic E-state index is 0.0178. The van der Waals surface area contributed by atoms with Crippen molar-refractivity contribution >= 4 is 26.6 Å². The lowest BCUT2D eigenvalue weighted by Gasteiger charge is -2.24. The van der Waals surface area contributed by atoms with E-state index in [1.165, 1.54) is 0 Å². The Morgan fingerprint density at radius 1 is 1.20 bits per heavy atom. The first-order valence-corrected chi connectivity index (χ1v) is 7.97. The molecule has 0 spiro atoms. The molecule has 2 N–H and O–H groups in total. The molecular weight excluding hydrogens is 274 g/mol. The third-order valence-corrected chi connectivity index (χ3v) is 5.32. The van der Waals surface area contributed by atoms with Crippen molar-refractivity contribution in [3.05, 3.63) is 35.9 Å². The largest absolute Gasteiger partial charge is 0.381 e. The smallest absolute Gasteiger partial charge is 0.295 e. The molecule has 0 amide bonds. The Balaban J connectivity index is 2.49. The van der Waals surface area contributed by atoms with E-state index >= 15 is 0 Å². The molecule has 1 heterocycles. The maximum atomic E-state index is 11.7. The summed E-state index contributed by atoms with van der Waals surface area (Å²) in [7, 11) is -4.25. The van der Waals surface area contributed by atoms with Crippen LogP contribution in [0.5, 0.6) is 0 Å². The van der Waals surface area contributed by atoms with Crippen LogP contribution in [0.25, 0.3) is 10.8 Å². The number of fused-ring (bicyclic) bond motifs is 3. The summed E-state index contributed by atoms with van der Waals surface area (Å²) in [6.45, 7) is 6.21. The zero-order valence-electron chi connectivity index (χ0n) is 11.6. The van der Waals surface area contributed by atoms with E-state index in [0.717, 1.165) is 16.6 Å². The van der Waals surface area contributed by atoms with Crippen LogP contribution >= 0.6 is 0 Å². The molecule has 0 radical (unpaired) electrons. The fourth-order valence-electron chi connectivity index (χ4n) is 2.85. The van der Waals surface area contributed by atoms with Gasteiger partial charge in [-0.15, -0.1) is 0 Å². The minimum atomic E-state index is -4.25. The van der Waals surface area contributed by atoms with Crippen molar-refractivity contribution in [1.29, 1.82) is 0 Å². The molecule has 0 saturated carbocycles. The summed E-state index contributed by atoms with van der Waals surface area (Å²) in [5.41, 5.74) is 1.69. The highest BCUT2D eigenvalue weighted by Gasteiger charge is 2.38. The molecule has 0 saturated heterocycles. The number of rotatable bonds is 1. The van der Waals surface area contributed by atoms with E-state index in [9.17, 15) is 13.0 Å². The van der Waals surface area contributed by atoms with Gasteiger partial charge in [-0.25, -0.2) is 0 Å². The van der Waals surface area contributed by atoms with Crippen molar-refractivity contribution in [2.24, 2.45) is 0 Å². The van der Waals surface area contributed by atoms with Crippen molar-refractivity contribution in [1.82, 2.24) is 0 Å². The molecule has 20 heavy (non-hydrogen) atoms. The maximum absolute atomic E-state index is 11.7. The van der Waals surface area contributed by atoms with Gasteiger partial charge in [0.15, 0.2) is 0 Å². The van der Waals surface area contributed by atoms with Crippen LogP contribution < -0.4 is 5.32 Å². The zero-order valence-corrected chi connectivity index (χ0v) is 12.5. The Kier molecular flexibility index (Phi) is 2.65. The Morgan fingerprint density at radius 3 is 2.40 bits per heavy atom. The molecule has 1 atom stereocenters. The molecule has 4 nitrogen and oxygen atoms in total. The van der Waals surface area contributed by atoms with Gasteiger partial charge >= 0.3 is 0 Å². The van der Waals surface area contributed by atoms with Crippen LogP contribution in [0.3, 0.4) is 0 Å². The highest BCUT2D eigenvalue weighted by Crippen LogP contribution is 2.46. The molecule has 0 fully saturated rings. The molecule has 2 aromatic rings. The summed E-state index contributed by atoms with van der Waals surface area (Å²) >= 11 is 0. The predicted molar refractivity (Wildman–Crippen MR) is 79.9 cm³/mol. The van der Waals surface area contributed by atoms with Crippen LogP contribution in [0.2, 0.25) is 0 Å². The molecule has 3 rings (SSSR count). The van der Waals surface area contributed by atoms with Gasteiger partial charge in [0, 0.05) is 27.9 Å². The van der Waals surface area contributed by atoms with Gasteiger partial charge in [0.1, 0.15) is 4.90 Å². The van der Waals surface area contributed by atoms with Crippen molar-refractivity contribution in [2.45, 2.75) is 37.1 Å². The quantitative estimate of drug-likeness (QED) is 0.792. The number of hydrogen-bond acceptors (Lipinski definition) is 3. The molecule has 0 aliphatic carbocycles. The Bertz CT molecular complexity index is 809. The summed E-state index contributed by atoms with van der Waals surface area (Å²) < 4.78 is 32.9. The fraction of sp³-hybridized carbons (Fsp3) is 0.333. The van der Waals surface area contributed by atoms with Crippen LogP contribution in [0.1, 0.15) is 26.3 Å². The van der Waals surface area contributed by atoms with Gasteiger partial charge in [-0.1, -0.05) is 38.1 Å². The highest BCUT2D eigenvalue weighted by molar-refractivity contribution is 7.86. The normalized spacial score (nSPS) is 20.7. The second-order valence-electron chi connectivity index (χ2n) is 5.91. The second-order valence-corrected chi connectivity index (χ2v) is 7.30. The summed E-state index contributed by atoms with van der Waals surface area (Å²) in [5.74, 6) is 0. The van der Waals surface area contributed by atoms with E-state index in [4.69, 9.17) is 0 Å². The van der Waals surface area contributed by atoms with Gasteiger partial charge in [0.2, 0.25) is 0 Å². The van der Waals surface area contributed by atoms with E-state index in [1.807, 2.05) is 12.1 Å². The fourth-order valence-corrected chi connectivity index (χ4v) is 3.57. The van der Waals surface area contributed by atoms with Gasteiger partial charge in [0.25, 0.3) is 10.1 Å². The van der Waals surface area contributed by atoms with E-state index < -0.39 is 10.1 Å². The number of hydrogen-bond donors (Lipinski definition) is 2. The average Bonchev–Trinajstić information content (AvgIpc) is 2.59.